The topological polar surface area (TPSA) is 32.3 Å². The minimum atomic E-state index is 0.264. The number of hydrogen-bond acceptors (Lipinski definition) is 2. The van der Waals surface area contributed by atoms with Gasteiger partial charge in [-0.05, 0) is 36.8 Å². The monoisotopic (exact) mass is 205 g/mol. The molecule has 1 aliphatic heterocycles. The van der Waals surface area contributed by atoms with E-state index in [-0.39, 0.29) is 6.61 Å². The summed E-state index contributed by atoms with van der Waals surface area (Å²) >= 11 is 0. The molecule has 2 unspecified atom stereocenters. The van der Waals surface area contributed by atoms with E-state index in [2.05, 4.69) is 36.5 Å². The summed E-state index contributed by atoms with van der Waals surface area (Å²) in [7, 11) is 0. The molecule has 1 aromatic rings. The van der Waals surface area contributed by atoms with E-state index < -0.39 is 0 Å². The Hall–Kier alpha value is -0.860. The van der Waals surface area contributed by atoms with Crippen molar-refractivity contribution in [3.8, 4) is 0 Å². The maximum Gasteiger partial charge on any atom is 0.0584 e. The first-order valence-corrected chi connectivity index (χ1v) is 5.71. The van der Waals surface area contributed by atoms with Crippen molar-refractivity contribution >= 4 is 0 Å². The molecule has 0 saturated carbocycles. The lowest BCUT2D eigenvalue weighted by atomic mass is 9.87. The van der Waals surface area contributed by atoms with Crippen LogP contribution in [0.15, 0.2) is 24.3 Å². The highest BCUT2D eigenvalue weighted by Crippen LogP contribution is 2.27. The molecular weight excluding hydrogens is 186 g/mol. The van der Waals surface area contributed by atoms with Gasteiger partial charge in [0.15, 0.2) is 0 Å². The van der Waals surface area contributed by atoms with Crippen LogP contribution >= 0.6 is 0 Å². The van der Waals surface area contributed by atoms with Gasteiger partial charge in [-0.25, -0.2) is 0 Å². The third-order valence-corrected chi connectivity index (χ3v) is 3.37. The van der Waals surface area contributed by atoms with Gasteiger partial charge in [-0.3, -0.25) is 0 Å². The molecule has 0 aliphatic carbocycles. The minimum Gasteiger partial charge on any atom is -0.395 e. The predicted octanol–water partition coefficient (Wildman–Crippen LogP) is 1.82. The number of nitrogens with one attached hydrogen (secondary N) is 1. The maximum atomic E-state index is 9.04. The van der Waals surface area contributed by atoms with Crippen LogP contribution in [0.5, 0.6) is 0 Å². The average molecular weight is 205 g/mol. The lowest BCUT2D eigenvalue weighted by Crippen LogP contribution is -2.40. The molecule has 15 heavy (non-hydrogen) atoms. The molecule has 2 heteroatoms. The van der Waals surface area contributed by atoms with E-state index in [9.17, 15) is 0 Å². The smallest absolute Gasteiger partial charge is 0.0584 e. The molecular formula is C13H19NO. The summed E-state index contributed by atoms with van der Waals surface area (Å²) in [5.41, 5.74) is 2.84. The Morgan fingerprint density at radius 3 is 2.73 bits per heavy atom. The summed E-state index contributed by atoms with van der Waals surface area (Å²) in [4.78, 5) is 0. The van der Waals surface area contributed by atoms with Gasteiger partial charge in [-0.15, -0.1) is 0 Å². The first-order chi connectivity index (χ1) is 7.31. The van der Waals surface area contributed by atoms with E-state index in [1.54, 1.807) is 0 Å². The Kier molecular flexibility index (Phi) is 3.39. The van der Waals surface area contributed by atoms with Crippen LogP contribution in [-0.4, -0.2) is 24.3 Å². The van der Waals surface area contributed by atoms with Crippen LogP contribution in [0.2, 0.25) is 0 Å². The van der Waals surface area contributed by atoms with Crippen molar-refractivity contribution in [2.24, 2.45) is 0 Å². The average Bonchev–Trinajstić information content (AvgIpc) is 2.30. The summed E-state index contributed by atoms with van der Waals surface area (Å²) in [6.45, 7) is 3.43. The van der Waals surface area contributed by atoms with Gasteiger partial charge in [0.2, 0.25) is 0 Å². The van der Waals surface area contributed by atoms with Crippen molar-refractivity contribution < 1.29 is 5.11 Å². The van der Waals surface area contributed by atoms with Crippen molar-refractivity contribution in [1.82, 2.24) is 5.32 Å². The SMILES string of the molecule is Cc1ccccc1C1CCC(CO)NC1. The predicted molar refractivity (Wildman–Crippen MR) is 62.0 cm³/mol. The first-order valence-electron chi connectivity index (χ1n) is 5.71. The van der Waals surface area contributed by atoms with Crippen LogP contribution in [0.3, 0.4) is 0 Å². The number of aliphatic hydroxyl groups excluding tert-OH is 1. The van der Waals surface area contributed by atoms with Crippen LogP contribution in [0.25, 0.3) is 0 Å². The van der Waals surface area contributed by atoms with Crippen molar-refractivity contribution in [3.05, 3.63) is 35.4 Å². The second kappa shape index (κ2) is 4.77. The quantitative estimate of drug-likeness (QED) is 0.772. The van der Waals surface area contributed by atoms with Gasteiger partial charge in [0.1, 0.15) is 0 Å². The van der Waals surface area contributed by atoms with Crippen LogP contribution in [0, 0.1) is 6.92 Å². The van der Waals surface area contributed by atoms with Crippen molar-refractivity contribution in [1.29, 1.82) is 0 Å². The lowest BCUT2D eigenvalue weighted by molar-refractivity contribution is 0.212. The van der Waals surface area contributed by atoms with Crippen molar-refractivity contribution in [2.75, 3.05) is 13.2 Å². The first kappa shape index (κ1) is 10.7. The Labute approximate surface area is 91.3 Å². The second-order valence-corrected chi connectivity index (χ2v) is 4.42. The standard InChI is InChI=1S/C13H19NO/c1-10-4-2-3-5-13(10)11-6-7-12(9-15)14-8-11/h2-5,11-12,14-15H,6-9H2,1H3. The van der Waals surface area contributed by atoms with Crippen molar-refractivity contribution in [2.45, 2.75) is 31.7 Å². The van der Waals surface area contributed by atoms with Crippen molar-refractivity contribution in [3.63, 3.8) is 0 Å². The molecule has 1 aromatic carbocycles. The largest absolute Gasteiger partial charge is 0.395 e. The molecule has 1 aliphatic rings. The molecule has 0 aromatic heterocycles. The Bertz CT molecular complexity index is 316. The number of hydrogen-bond donors (Lipinski definition) is 2. The van der Waals surface area contributed by atoms with Gasteiger partial charge in [0.25, 0.3) is 0 Å². The molecule has 0 bridgehead atoms. The number of aryl methyl sites for hydroxylation is 1. The summed E-state index contributed by atoms with van der Waals surface area (Å²) in [6, 6.07) is 8.91. The highest BCUT2D eigenvalue weighted by atomic mass is 16.3. The molecule has 2 N–H and O–H groups in total. The molecule has 0 radical (unpaired) electrons. The van der Waals surface area contributed by atoms with E-state index in [4.69, 9.17) is 5.11 Å². The third-order valence-electron chi connectivity index (χ3n) is 3.37. The zero-order valence-corrected chi connectivity index (χ0v) is 9.24. The zero-order valence-electron chi connectivity index (χ0n) is 9.24. The zero-order chi connectivity index (χ0) is 10.7. The normalized spacial score (nSPS) is 26.5. The fourth-order valence-electron chi connectivity index (χ4n) is 2.38. The molecule has 1 fully saturated rings. The van der Waals surface area contributed by atoms with Crippen LogP contribution in [0.4, 0.5) is 0 Å². The molecule has 2 nitrogen and oxygen atoms in total. The fourth-order valence-corrected chi connectivity index (χ4v) is 2.38. The van der Waals surface area contributed by atoms with Crippen LogP contribution < -0.4 is 5.32 Å². The number of aliphatic hydroxyl groups is 1. The molecule has 0 amide bonds. The molecule has 1 heterocycles. The van der Waals surface area contributed by atoms with Gasteiger partial charge in [0.05, 0.1) is 6.61 Å². The summed E-state index contributed by atoms with van der Waals surface area (Å²) in [6.07, 6.45) is 2.26. The van der Waals surface area contributed by atoms with Gasteiger partial charge in [-0.2, -0.15) is 0 Å². The minimum absolute atomic E-state index is 0.264. The molecule has 2 atom stereocenters. The number of benzene rings is 1. The van der Waals surface area contributed by atoms with Crippen LogP contribution in [0.1, 0.15) is 29.9 Å². The molecule has 82 valence electrons. The highest BCUT2D eigenvalue weighted by molar-refractivity contribution is 5.29. The molecule has 0 spiro atoms. The summed E-state index contributed by atoms with van der Waals surface area (Å²) in [5, 5.41) is 12.4. The third kappa shape index (κ3) is 2.39. The Balaban J connectivity index is 2.04. The summed E-state index contributed by atoms with van der Waals surface area (Å²) < 4.78 is 0. The van der Waals surface area contributed by atoms with E-state index in [1.807, 2.05) is 0 Å². The molecule has 1 saturated heterocycles. The van der Waals surface area contributed by atoms with E-state index in [0.717, 1.165) is 13.0 Å². The second-order valence-electron chi connectivity index (χ2n) is 4.42. The van der Waals surface area contributed by atoms with Gasteiger partial charge in [-0.1, -0.05) is 24.3 Å². The van der Waals surface area contributed by atoms with E-state index in [1.165, 1.54) is 17.5 Å². The Morgan fingerprint density at radius 2 is 2.13 bits per heavy atom. The van der Waals surface area contributed by atoms with Crippen LogP contribution in [-0.2, 0) is 0 Å². The molecule has 2 rings (SSSR count). The Morgan fingerprint density at radius 1 is 1.33 bits per heavy atom. The van der Waals surface area contributed by atoms with Gasteiger partial charge in [0, 0.05) is 12.6 Å². The fraction of sp³-hybridized carbons (Fsp3) is 0.538. The van der Waals surface area contributed by atoms with E-state index in [0.29, 0.717) is 12.0 Å². The van der Waals surface area contributed by atoms with Gasteiger partial charge >= 0.3 is 0 Å². The maximum absolute atomic E-state index is 9.04. The van der Waals surface area contributed by atoms with Gasteiger partial charge < -0.3 is 10.4 Å². The van der Waals surface area contributed by atoms with E-state index >= 15 is 0 Å². The number of piperidine rings is 1. The number of rotatable bonds is 2. The lowest BCUT2D eigenvalue weighted by Gasteiger charge is -2.29. The summed E-state index contributed by atoms with van der Waals surface area (Å²) in [5.74, 6) is 0.619. The highest BCUT2D eigenvalue weighted by Gasteiger charge is 2.21.